The molecule has 0 aliphatic carbocycles. The molecule has 1 aliphatic heterocycles. The second-order valence-corrected chi connectivity index (χ2v) is 3.15. The van der Waals surface area contributed by atoms with Gasteiger partial charge in [-0.15, -0.1) is 0 Å². The van der Waals surface area contributed by atoms with Crippen LogP contribution in [0.5, 0.6) is 0 Å². The molecular weight excluding hydrogens is 206 g/mol. The minimum atomic E-state index is -1.28. The fraction of sp³-hybridized carbons (Fsp3) is 0.875. The van der Waals surface area contributed by atoms with E-state index in [0.717, 1.165) is 5.06 Å². The Morgan fingerprint density at radius 3 is 2.53 bits per heavy atom. The standard InChI is InChI=1S/C8H15NO6/c1-2-9(4-11)15-8-7(13)6(12)5(3-10)14-8/h4-8,10,12-13H,2-3H2,1H3/t5-,6-,7-,8?/m1/s1. The van der Waals surface area contributed by atoms with Crippen molar-refractivity contribution in [2.45, 2.75) is 31.5 Å². The molecule has 1 saturated heterocycles. The third-order valence-corrected chi connectivity index (χ3v) is 2.17. The lowest BCUT2D eigenvalue weighted by atomic mass is 10.1. The highest BCUT2D eigenvalue weighted by Gasteiger charge is 2.44. The summed E-state index contributed by atoms with van der Waals surface area (Å²) in [4.78, 5) is 15.4. The SMILES string of the molecule is CCN(C=O)OC1O[C@H](CO)[C@@H](O)[C@H]1O. The van der Waals surface area contributed by atoms with E-state index in [2.05, 4.69) is 0 Å². The number of rotatable bonds is 5. The molecule has 15 heavy (non-hydrogen) atoms. The quantitative estimate of drug-likeness (QED) is 0.361. The van der Waals surface area contributed by atoms with Gasteiger partial charge in [0.25, 0.3) is 0 Å². The average molecular weight is 221 g/mol. The van der Waals surface area contributed by atoms with E-state index < -0.39 is 31.2 Å². The minimum Gasteiger partial charge on any atom is -0.394 e. The van der Waals surface area contributed by atoms with Crippen LogP contribution in [-0.2, 0) is 14.4 Å². The Morgan fingerprint density at radius 2 is 2.13 bits per heavy atom. The van der Waals surface area contributed by atoms with E-state index in [1.807, 2.05) is 0 Å². The lowest BCUT2D eigenvalue weighted by Crippen LogP contribution is -2.38. The molecule has 7 nitrogen and oxygen atoms in total. The number of hydroxylamine groups is 2. The van der Waals surface area contributed by atoms with E-state index in [0.29, 0.717) is 6.41 Å². The smallest absolute Gasteiger partial charge is 0.233 e. The molecule has 0 aromatic heterocycles. The Balaban J connectivity index is 2.53. The van der Waals surface area contributed by atoms with Crippen molar-refractivity contribution in [1.29, 1.82) is 0 Å². The van der Waals surface area contributed by atoms with Crippen molar-refractivity contribution in [3.8, 4) is 0 Å². The fourth-order valence-electron chi connectivity index (χ4n) is 1.26. The Bertz CT molecular complexity index is 213. The normalized spacial score (nSPS) is 35.5. The summed E-state index contributed by atoms with van der Waals surface area (Å²) in [6.45, 7) is 1.54. The zero-order valence-electron chi connectivity index (χ0n) is 8.31. The molecule has 0 saturated carbocycles. The van der Waals surface area contributed by atoms with Crippen molar-refractivity contribution in [2.75, 3.05) is 13.2 Å². The van der Waals surface area contributed by atoms with Gasteiger partial charge < -0.3 is 20.1 Å². The molecule has 1 rings (SSSR count). The molecule has 0 spiro atoms. The van der Waals surface area contributed by atoms with Gasteiger partial charge in [-0.1, -0.05) is 0 Å². The van der Waals surface area contributed by atoms with Crippen molar-refractivity contribution in [3.63, 3.8) is 0 Å². The number of carbonyl (C=O) groups excluding carboxylic acids is 1. The van der Waals surface area contributed by atoms with Gasteiger partial charge in [-0.2, -0.15) is 0 Å². The van der Waals surface area contributed by atoms with Gasteiger partial charge in [-0.3, -0.25) is 4.79 Å². The van der Waals surface area contributed by atoms with E-state index in [1.54, 1.807) is 6.92 Å². The van der Waals surface area contributed by atoms with Crippen molar-refractivity contribution in [3.05, 3.63) is 0 Å². The first kappa shape index (κ1) is 12.3. The van der Waals surface area contributed by atoms with E-state index >= 15 is 0 Å². The number of hydrogen-bond donors (Lipinski definition) is 3. The van der Waals surface area contributed by atoms with Crippen molar-refractivity contribution in [2.24, 2.45) is 0 Å². The largest absolute Gasteiger partial charge is 0.394 e. The number of carbonyl (C=O) groups is 1. The van der Waals surface area contributed by atoms with Gasteiger partial charge in [0.05, 0.1) is 6.61 Å². The Morgan fingerprint density at radius 1 is 1.47 bits per heavy atom. The number of ether oxygens (including phenoxy) is 1. The van der Waals surface area contributed by atoms with E-state index in [1.165, 1.54) is 0 Å². The van der Waals surface area contributed by atoms with Crippen LogP contribution in [0, 0.1) is 0 Å². The van der Waals surface area contributed by atoms with E-state index in [9.17, 15) is 15.0 Å². The summed E-state index contributed by atoms with van der Waals surface area (Å²) in [6, 6.07) is 0. The van der Waals surface area contributed by atoms with Crippen LogP contribution >= 0.6 is 0 Å². The van der Waals surface area contributed by atoms with Crippen LogP contribution in [0.4, 0.5) is 0 Å². The lowest BCUT2D eigenvalue weighted by molar-refractivity contribution is -0.275. The molecule has 1 unspecified atom stereocenters. The Labute approximate surface area is 86.8 Å². The second-order valence-electron chi connectivity index (χ2n) is 3.15. The highest BCUT2D eigenvalue weighted by Crippen LogP contribution is 2.22. The molecule has 0 bridgehead atoms. The van der Waals surface area contributed by atoms with Gasteiger partial charge in [0, 0.05) is 6.54 Å². The molecule has 3 N–H and O–H groups in total. The molecule has 0 aromatic carbocycles. The molecule has 0 aromatic rings. The maximum atomic E-state index is 10.4. The van der Waals surface area contributed by atoms with Gasteiger partial charge >= 0.3 is 0 Å². The van der Waals surface area contributed by atoms with Gasteiger partial charge in [-0.25, -0.2) is 9.90 Å². The van der Waals surface area contributed by atoms with Crippen LogP contribution < -0.4 is 0 Å². The molecule has 7 heteroatoms. The predicted octanol–water partition coefficient (Wildman–Crippen LogP) is -2.16. The highest BCUT2D eigenvalue weighted by atomic mass is 16.8. The first-order valence-electron chi connectivity index (χ1n) is 4.65. The summed E-state index contributed by atoms with van der Waals surface area (Å²) in [5.74, 6) is 0. The summed E-state index contributed by atoms with van der Waals surface area (Å²) >= 11 is 0. The Hall–Kier alpha value is -0.730. The van der Waals surface area contributed by atoms with Crippen LogP contribution in [0.3, 0.4) is 0 Å². The molecule has 1 heterocycles. The monoisotopic (exact) mass is 221 g/mol. The lowest BCUT2D eigenvalue weighted by Gasteiger charge is -2.21. The van der Waals surface area contributed by atoms with Gasteiger partial charge in [-0.05, 0) is 6.92 Å². The predicted molar refractivity (Wildman–Crippen MR) is 47.3 cm³/mol. The first-order chi connectivity index (χ1) is 7.13. The van der Waals surface area contributed by atoms with E-state index in [4.69, 9.17) is 14.7 Å². The van der Waals surface area contributed by atoms with Crippen LogP contribution in [0.25, 0.3) is 0 Å². The highest BCUT2D eigenvalue weighted by molar-refractivity contribution is 5.44. The number of aliphatic hydroxyl groups excluding tert-OH is 3. The van der Waals surface area contributed by atoms with Crippen LogP contribution in [0.2, 0.25) is 0 Å². The van der Waals surface area contributed by atoms with Crippen LogP contribution in [-0.4, -0.2) is 64.5 Å². The molecule has 0 radical (unpaired) electrons. The molecule has 1 aliphatic rings. The second kappa shape index (κ2) is 5.38. The molecule has 1 amide bonds. The Kier molecular flexibility index (Phi) is 4.43. The van der Waals surface area contributed by atoms with Crippen molar-refractivity contribution >= 4 is 6.41 Å². The van der Waals surface area contributed by atoms with Crippen LogP contribution in [0.1, 0.15) is 6.92 Å². The molecule has 4 atom stereocenters. The minimum absolute atomic E-state index is 0.288. The van der Waals surface area contributed by atoms with Crippen LogP contribution in [0.15, 0.2) is 0 Å². The third-order valence-electron chi connectivity index (χ3n) is 2.17. The molecule has 1 fully saturated rings. The number of amides is 1. The summed E-state index contributed by atoms with van der Waals surface area (Å²) in [5, 5.41) is 28.5. The van der Waals surface area contributed by atoms with Gasteiger partial charge in [0.2, 0.25) is 12.7 Å². The molecular formula is C8H15NO6. The third kappa shape index (κ3) is 2.64. The summed E-state index contributed by atoms with van der Waals surface area (Å²) in [5.41, 5.74) is 0. The zero-order chi connectivity index (χ0) is 11.4. The average Bonchev–Trinajstić information content (AvgIpc) is 2.53. The van der Waals surface area contributed by atoms with E-state index in [-0.39, 0.29) is 6.54 Å². The summed E-state index contributed by atoms with van der Waals surface area (Å²) < 4.78 is 5.00. The fourth-order valence-corrected chi connectivity index (χ4v) is 1.26. The topological polar surface area (TPSA) is 99.5 Å². The maximum absolute atomic E-state index is 10.4. The molecule has 88 valence electrons. The summed E-state index contributed by atoms with van der Waals surface area (Å²) in [7, 11) is 0. The number of nitrogens with zero attached hydrogens (tertiary/aromatic N) is 1. The number of aliphatic hydroxyl groups is 3. The number of hydrogen-bond acceptors (Lipinski definition) is 6. The maximum Gasteiger partial charge on any atom is 0.233 e. The van der Waals surface area contributed by atoms with Crippen molar-refractivity contribution in [1.82, 2.24) is 5.06 Å². The summed E-state index contributed by atoms with van der Waals surface area (Å²) in [6.07, 6.45) is -4.09. The first-order valence-corrected chi connectivity index (χ1v) is 4.65. The van der Waals surface area contributed by atoms with Gasteiger partial charge in [0.1, 0.15) is 18.3 Å². The zero-order valence-corrected chi connectivity index (χ0v) is 8.31. The van der Waals surface area contributed by atoms with Gasteiger partial charge in [0.15, 0.2) is 0 Å². The van der Waals surface area contributed by atoms with Crippen molar-refractivity contribution < 1.29 is 29.7 Å².